The summed E-state index contributed by atoms with van der Waals surface area (Å²) in [7, 11) is 0. The van der Waals surface area contributed by atoms with E-state index in [9.17, 15) is 18.0 Å². The number of carbonyl (C=O) groups excluding carboxylic acids is 1. The molecule has 0 bridgehead atoms. The molecule has 0 fully saturated rings. The molecule has 0 saturated carbocycles. The Balaban J connectivity index is 2.74. The molecule has 16 heavy (non-hydrogen) atoms. The summed E-state index contributed by atoms with van der Waals surface area (Å²) in [5.41, 5.74) is 0.620. The van der Waals surface area contributed by atoms with Crippen molar-refractivity contribution in [1.29, 1.82) is 0 Å². The molecule has 1 heterocycles. The number of amides is 1. The highest BCUT2D eigenvalue weighted by Crippen LogP contribution is 2.19. The van der Waals surface area contributed by atoms with Crippen LogP contribution in [-0.2, 0) is 11.3 Å². The summed E-state index contributed by atoms with van der Waals surface area (Å²) in [5.74, 6) is -1.81. The Hall–Kier alpha value is -1.59. The quantitative estimate of drug-likeness (QED) is 0.798. The molecule has 0 spiro atoms. The second kappa shape index (κ2) is 4.96. The smallest absolute Gasteiger partial charge is 0.331 e. The van der Waals surface area contributed by atoms with Crippen molar-refractivity contribution >= 4 is 5.91 Å². The van der Waals surface area contributed by atoms with Gasteiger partial charge >= 0.3 is 12.1 Å². The summed E-state index contributed by atoms with van der Waals surface area (Å²) >= 11 is 0. The summed E-state index contributed by atoms with van der Waals surface area (Å²) in [5, 5.41) is 0. The van der Waals surface area contributed by atoms with Crippen LogP contribution in [0.4, 0.5) is 13.2 Å². The van der Waals surface area contributed by atoms with Crippen LogP contribution >= 0.6 is 0 Å². The number of aromatic nitrogens is 1. The Kier molecular flexibility index (Phi) is 3.87. The van der Waals surface area contributed by atoms with Gasteiger partial charge in [0.1, 0.15) is 0 Å². The fourth-order valence-corrected chi connectivity index (χ4v) is 1.22. The number of hydrogen-bond donors (Lipinski definition) is 0. The molecule has 0 radical (unpaired) electrons. The highest BCUT2D eigenvalue weighted by atomic mass is 19.4. The lowest BCUT2D eigenvalue weighted by molar-refractivity contribution is -0.185. The van der Waals surface area contributed by atoms with Gasteiger partial charge in [-0.2, -0.15) is 13.2 Å². The summed E-state index contributed by atoms with van der Waals surface area (Å²) < 4.78 is 36.6. The first kappa shape index (κ1) is 12.5. The first-order chi connectivity index (χ1) is 7.45. The van der Waals surface area contributed by atoms with Crippen LogP contribution < -0.4 is 0 Å². The second-order valence-electron chi connectivity index (χ2n) is 3.17. The monoisotopic (exact) mass is 232 g/mol. The Morgan fingerprint density at radius 3 is 2.38 bits per heavy atom. The molecule has 0 N–H and O–H groups in total. The van der Waals surface area contributed by atoms with Crippen molar-refractivity contribution in [2.45, 2.75) is 19.6 Å². The lowest BCUT2D eigenvalue weighted by atomic mass is 10.2. The number of halogens is 3. The van der Waals surface area contributed by atoms with Crippen molar-refractivity contribution in [3.8, 4) is 0 Å². The number of nitrogens with zero attached hydrogens (tertiary/aromatic N) is 2. The fraction of sp³-hybridized carbons (Fsp3) is 0.400. The zero-order valence-electron chi connectivity index (χ0n) is 8.66. The maximum Gasteiger partial charge on any atom is 0.471 e. The number of rotatable bonds is 3. The SMILES string of the molecule is CCN(Cc1ccncc1)C(=O)C(F)(F)F. The van der Waals surface area contributed by atoms with Gasteiger partial charge in [-0.05, 0) is 24.6 Å². The molecule has 0 aliphatic rings. The van der Waals surface area contributed by atoms with Crippen LogP contribution in [-0.4, -0.2) is 28.5 Å². The molecule has 3 nitrogen and oxygen atoms in total. The summed E-state index contributed by atoms with van der Waals surface area (Å²) in [4.78, 5) is 15.5. The molecule has 1 aromatic heterocycles. The number of alkyl halides is 3. The number of pyridine rings is 1. The maximum atomic E-state index is 12.2. The van der Waals surface area contributed by atoms with Crippen molar-refractivity contribution in [2.24, 2.45) is 0 Å². The van der Waals surface area contributed by atoms with Gasteiger partial charge in [0.05, 0.1) is 0 Å². The predicted molar refractivity (Wildman–Crippen MR) is 51.4 cm³/mol. The lowest BCUT2D eigenvalue weighted by Gasteiger charge is -2.21. The van der Waals surface area contributed by atoms with Gasteiger partial charge in [-0.3, -0.25) is 9.78 Å². The van der Waals surface area contributed by atoms with Crippen LogP contribution in [0, 0.1) is 0 Å². The van der Waals surface area contributed by atoms with E-state index in [1.165, 1.54) is 19.3 Å². The van der Waals surface area contributed by atoms with E-state index in [1.54, 1.807) is 12.1 Å². The first-order valence-corrected chi connectivity index (χ1v) is 4.70. The van der Waals surface area contributed by atoms with Crippen LogP contribution in [0.2, 0.25) is 0 Å². The minimum atomic E-state index is -4.82. The van der Waals surface area contributed by atoms with E-state index >= 15 is 0 Å². The Morgan fingerprint density at radius 1 is 1.38 bits per heavy atom. The third-order valence-electron chi connectivity index (χ3n) is 2.03. The summed E-state index contributed by atoms with van der Waals surface area (Å²) in [6.45, 7) is 1.46. The van der Waals surface area contributed by atoms with E-state index < -0.39 is 12.1 Å². The average Bonchev–Trinajstić information content (AvgIpc) is 2.25. The van der Waals surface area contributed by atoms with Crippen LogP contribution in [0.15, 0.2) is 24.5 Å². The maximum absolute atomic E-state index is 12.2. The topological polar surface area (TPSA) is 33.2 Å². The van der Waals surface area contributed by atoms with Gasteiger partial charge in [0.25, 0.3) is 0 Å². The van der Waals surface area contributed by atoms with Crippen molar-refractivity contribution in [1.82, 2.24) is 9.88 Å². The summed E-state index contributed by atoms with van der Waals surface area (Å²) in [6, 6.07) is 3.15. The van der Waals surface area contributed by atoms with Gasteiger partial charge < -0.3 is 4.90 Å². The highest BCUT2D eigenvalue weighted by Gasteiger charge is 2.41. The first-order valence-electron chi connectivity index (χ1n) is 4.70. The van der Waals surface area contributed by atoms with Gasteiger partial charge in [-0.15, -0.1) is 0 Å². The van der Waals surface area contributed by atoms with Crippen molar-refractivity contribution in [2.75, 3.05) is 6.54 Å². The van der Waals surface area contributed by atoms with Crippen molar-refractivity contribution in [3.05, 3.63) is 30.1 Å². The molecule has 0 saturated heterocycles. The molecule has 0 unspecified atom stereocenters. The van der Waals surface area contributed by atoms with E-state index in [2.05, 4.69) is 4.98 Å². The zero-order valence-corrected chi connectivity index (χ0v) is 8.66. The standard InChI is InChI=1S/C10H11F3N2O/c1-2-15(9(16)10(11,12)13)7-8-3-5-14-6-4-8/h3-6H,2,7H2,1H3. The number of hydrogen-bond acceptors (Lipinski definition) is 2. The van der Waals surface area contributed by atoms with Crippen LogP contribution in [0.1, 0.15) is 12.5 Å². The second-order valence-corrected chi connectivity index (χ2v) is 3.17. The van der Waals surface area contributed by atoms with Crippen molar-refractivity contribution in [3.63, 3.8) is 0 Å². The van der Waals surface area contributed by atoms with Crippen molar-refractivity contribution < 1.29 is 18.0 Å². The molecule has 1 aromatic rings. The van der Waals surface area contributed by atoms with Crippen LogP contribution in [0.25, 0.3) is 0 Å². The predicted octanol–water partition coefficient (Wildman–Crippen LogP) is 1.99. The molecule has 6 heteroatoms. The fourth-order valence-electron chi connectivity index (χ4n) is 1.22. The molecule has 0 atom stereocenters. The molecule has 0 aliphatic carbocycles. The van der Waals surface area contributed by atoms with Gasteiger partial charge in [0.2, 0.25) is 0 Å². The zero-order chi connectivity index (χ0) is 12.2. The number of carbonyl (C=O) groups is 1. The molecule has 0 aromatic carbocycles. The van der Waals surface area contributed by atoms with Gasteiger partial charge in [0, 0.05) is 25.5 Å². The van der Waals surface area contributed by atoms with E-state index in [4.69, 9.17) is 0 Å². The molecule has 88 valence electrons. The third-order valence-corrected chi connectivity index (χ3v) is 2.03. The van der Waals surface area contributed by atoms with E-state index in [0.717, 1.165) is 4.90 Å². The van der Waals surface area contributed by atoms with E-state index in [1.807, 2.05) is 0 Å². The minimum Gasteiger partial charge on any atom is -0.331 e. The molecular weight excluding hydrogens is 221 g/mol. The van der Waals surface area contributed by atoms with E-state index in [0.29, 0.717) is 5.56 Å². The van der Waals surface area contributed by atoms with Gasteiger partial charge in [-0.1, -0.05) is 0 Å². The van der Waals surface area contributed by atoms with E-state index in [-0.39, 0.29) is 13.1 Å². The van der Waals surface area contributed by atoms with Gasteiger partial charge in [0.15, 0.2) is 0 Å². The largest absolute Gasteiger partial charge is 0.471 e. The Labute approximate surface area is 90.9 Å². The van der Waals surface area contributed by atoms with Crippen LogP contribution in [0.3, 0.4) is 0 Å². The minimum absolute atomic E-state index is 0.0145. The lowest BCUT2D eigenvalue weighted by Crippen LogP contribution is -2.40. The summed E-state index contributed by atoms with van der Waals surface area (Å²) in [6.07, 6.45) is -1.87. The van der Waals surface area contributed by atoms with Crippen LogP contribution in [0.5, 0.6) is 0 Å². The Bertz CT molecular complexity index is 351. The average molecular weight is 232 g/mol. The normalized spacial score (nSPS) is 11.2. The molecule has 1 rings (SSSR count). The molecule has 1 amide bonds. The Morgan fingerprint density at radius 2 is 1.94 bits per heavy atom. The highest BCUT2D eigenvalue weighted by molar-refractivity contribution is 5.81. The third kappa shape index (κ3) is 3.22. The molecule has 0 aliphatic heterocycles. The molecular formula is C10H11F3N2O. The van der Waals surface area contributed by atoms with Gasteiger partial charge in [-0.25, -0.2) is 0 Å².